The van der Waals surface area contributed by atoms with Gasteiger partial charge in [0.1, 0.15) is 11.9 Å². The molecule has 8 heteroatoms. The molecule has 1 aliphatic carbocycles. The van der Waals surface area contributed by atoms with Crippen LogP contribution >= 0.6 is 0 Å². The van der Waals surface area contributed by atoms with Crippen molar-refractivity contribution in [1.29, 1.82) is 0 Å². The van der Waals surface area contributed by atoms with E-state index in [1.54, 1.807) is 0 Å². The number of pyridine rings is 1. The van der Waals surface area contributed by atoms with Crippen LogP contribution in [-0.2, 0) is 0 Å². The molecule has 4 aromatic rings. The molecular formula is C29H31FN6O. The minimum atomic E-state index is -0.380. The first-order valence-corrected chi connectivity index (χ1v) is 13.1. The molecule has 37 heavy (non-hydrogen) atoms. The van der Waals surface area contributed by atoms with Crippen molar-refractivity contribution in [1.82, 2.24) is 30.1 Å². The third-order valence-corrected chi connectivity index (χ3v) is 8.02. The number of halogens is 1. The van der Waals surface area contributed by atoms with E-state index in [1.807, 2.05) is 35.9 Å². The topological polar surface area (TPSA) is 79.7 Å². The average molecular weight is 499 g/mol. The zero-order valence-electron chi connectivity index (χ0n) is 21.2. The van der Waals surface area contributed by atoms with Gasteiger partial charge in [-0.25, -0.2) is 9.07 Å². The van der Waals surface area contributed by atoms with Crippen LogP contribution in [0.25, 0.3) is 16.5 Å². The number of hydrogen-bond donors (Lipinski definition) is 1. The monoisotopic (exact) mass is 498 g/mol. The van der Waals surface area contributed by atoms with Gasteiger partial charge in [-0.1, -0.05) is 43.2 Å². The third kappa shape index (κ3) is 4.39. The van der Waals surface area contributed by atoms with Crippen molar-refractivity contribution < 1.29 is 4.39 Å². The van der Waals surface area contributed by atoms with E-state index in [2.05, 4.69) is 44.5 Å². The smallest absolute Gasteiger partial charge is 0.253 e. The molecular weight excluding hydrogens is 467 g/mol. The second-order valence-electron chi connectivity index (χ2n) is 10.3. The number of nitrogens with one attached hydrogen (secondary N) is 1. The van der Waals surface area contributed by atoms with Gasteiger partial charge in [0, 0.05) is 24.0 Å². The first-order valence-electron chi connectivity index (χ1n) is 13.1. The van der Waals surface area contributed by atoms with Gasteiger partial charge in [0.2, 0.25) is 0 Å². The molecule has 1 saturated carbocycles. The molecule has 2 aromatic heterocycles. The van der Waals surface area contributed by atoms with Crippen molar-refractivity contribution >= 4 is 16.5 Å². The van der Waals surface area contributed by atoms with Gasteiger partial charge in [0.15, 0.2) is 5.82 Å². The molecule has 7 nitrogen and oxygen atoms in total. The zero-order chi connectivity index (χ0) is 25.5. The normalized spacial score (nSPS) is 17.9. The molecule has 2 aliphatic rings. The summed E-state index contributed by atoms with van der Waals surface area (Å²) in [7, 11) is 0. The highest BCUT2D eigenvalue weighted by atomic mass is 19.1. The lowest BCUT2D eigenvalue weighted by Crippen LogP contribution is -2.38. The van der Waals surface area contributed by atoms with Crippen LogP contribution in [0.5, 0.6) is 0 Å². The summed E-state index contributed by atoms with van der Waals surface area (Å²) in [5.74, 6) is 0.488. The van der Waals surface area contributed by atoms with Gasteiger partial charge >= 0.3 is 0 Å². The fourth-order valence-corrected chi connectivity index (χ4v) is 5.93. The maximum atomic E-state index is 13.6. The van der Waals surface area contributed by atoms with Crippen LogP contribution in [0.1, 0.15) is 72.3 Å². The predicted octanol–water partition coefficient (Wildman–Crippen LogP) is 5.26. The Balaban J connectivity index is 1.45. The number of aryl methyl sites for hydroxylation is 2. The highest BCUT2D eigenvalue weighted by Gasteiger charge is 2.34. The molecule has 3 heterocycles. The number of aromatic amines is 1. The van der Waals surface area contributed by atoms with Crippen molar-refractivity contribution in [3.63, 3.8) is 0 Å². The molecule has 0 radical (unpaired) electrons. The summed E-state index contributed by atoms with van der Waals surface area (Å²) in [6.07, 6.45) is 7.39. The Morgan fingerprint density at radius 3 is 2.54 bits per heavy atom. The lowest BCUT2D eigenvalue weighted by Gasteiger charge is -2.34. The molecule has 190 valence electrons. The summed E-state index contributed by atoms with van der Waals surface area (Å²) in [5, 5.41) is 14.0. The van der Waals surface area contributed by atoms with Gasteiger partial charge in [-0.05, 0) is 84.0 Å². The number of fused-ring (bicyclic) bond motifs is 1. The van der Waals surface area contributed by atoms with Gasteiger partial charge < -0.3 is 4.98 Å². The summed E-state index contributed by atoms with van der Waals surface area (Å²) in [6.45, 7) is 5.46. The van der Waals surface area contributed by atoms with E-state index < -0.39 is 0 Å². The Labute approximate surface area is 215 Å². The second-order valence-corrected chi connectivity index (χ2v) is 10.3. The Bertz CT molecular complexity index is 1530. The molecule has 0 unspecified atom stereocenters. The van der Waals surface area contributed by atoms with Crippen LogP contribution in [0, 0.1) is 19.7 Å². The van der Waals surface area contributed by atoms with E-state index in [9.17, 15) is 9.18 Å². The second kappa shape index (κ2) is 9.67. The standard InChI is InChI=1S/C29H31FN6O/c1-18-7-8-19(2)26-24(18)17-25(29(37)31-26)27(28-32-33-34-36(28)23-5-3-4-6-23)35-15-13-21(14-16-35)20-9-11-22(30)12-10-20/h7-13,17,23,27H,3-6,14-16H2,1-2H3,(H,31,37)/t27-/m0/s1. The lowest BCUT2D eigenvalue weighted by molar-refractivity contribution is 0.229. The van der Waals surface area contributed by atoms with Crippen LogP contribution in [0.4, 0.5) is 4.39 Å². The highest BCUT2D eigenvalue weighted by molar-refractivity contribution is 5.85. The number of aromatic nitrogens is 5. The average Bonchev–Trinajstić information content (AvgIpc) is 3.61. The first kappa shape index (κ1) is 23.7. The number of benzene rings is 2. The van der Waals surface area contributed by atoms with Gasteiger partial charge in [0.05, 0.1) is 11.6 Å². The van der Waals surface area contributed by atoms with Crippen LogP contribution in [0.15, 0.2) is 53.3 Å². The molecule has 0 amide bonds. The number of hydrogen-bond acceptors (Lipinski definition) is 5. The van der Waals surface area contributed by atoms with Crippen LogP contribution < -0.4 is 5.56 Å². The van der Waals surface area contributed by atoms with Crippen molar-refractivity contribution in [2.75, 3.05) is 13.1 Å². The predicted molar refractivity (Wildman–Crippen MR) is 142 cm³/mol. The minimum absolute atomic E-state index is 0.111. The van der Waals surface area contributed by atoms with E-state index in [-0.39, 0.29) is 23.5 Å². The van der Waals surface area contributed by atoms with Crippen molar-refractivity contribution in [3.8, 4) is 0 Å². The van der Waals surface area contributed by atoms with Gasteiger partial charge in [0.25, 0.3) is 5.56 Å². The van der Waals surface area contributed by atoms with Crippen LogP contribution in [0.2, 0.25) is 0 Å². The van der Waals surface area contributed by atoms with Crippen molar-refractivity contribution in [2.45, 2.75) is 58.0 Å². The van der Waals surface area contributed by atoms with Gasteiger partial charge in [-0.2, -0.15) is 0 Å². The lowest BCUT2D eigenvalue weighted by atomic mass is 9.95. The third-order valence-electron chi connectivity index (χ3n) is 8.02. The molecule has 0 saturated heterocycles. The Morgan fingerprint density at radius 1 is 1.05 bits per heavy atom. The number of nitrogens with zero attached hydrogens (tertiary/aromatic N) is 5. The summed E-state index contributed by atoms with van der Waals surface area (Å²) in [4.78, 5) is 19.1. The fraction of sp³-hybridized carbons (Fsp3) is 0.379. The van der Waals surface area contributed by atoms with E-state index >= 15 is 0 Å². The molecule has 1 N–H and O–H groups in total. The van der Waals surface area contributed by atoms with Crippen molar-refractivity contribution in [3.05, 3.63) is 92.8 Å². The molecule has 0 bridgehead atoms. The van der Waals surface area contributed by atoms with E-state index in [0.717, 1.165) is 72.1 Å². The van der Waals surface area contributed by atoms with E-state index in [0.29, 0.717) is 12.1 Å². The first-order chi connectivity index (χ1) is 18.0. The van der Waals surface area contributed by atoms with Crippen LogP contribution in [0.3, 0.4) is 0 Å². The van der Waals surface area contributed by atoms with Gasteiger partial charge in [-0.3, -0.25) is 9.69 Å². The minimum Gasteiger partial charge on any atom is -0.321 e. The van der Waals surface area contributed by atoms with E-state index in [1.165, 1.54) is 17.7 Å². The molecule has 1 fully saturated rings. The molecule has 1 aliphatic heterocycles. The summed E-state index contributed by atoms with van der Waals surface area (Å²) in [5.41, 5.74) is 5.80. The molecule has 6 rings (SSSR count). The largest absolute Gasteiger partial charge is 0.321 e. The highest BCUT2D eigenvalue weighted by Crippen LogP contribution is 2.36. The SMILES string of the molecule is Cc1ccc(C)c2[nH]c(=O)c([C@@H](c3nnnn3C3CCCC3)N3CC=C(c4ccc(F)cc4)CC3)cc12. The zero-order valence-corrected chi connectivity index (χ0v) is 21.2. The number of rotatable bonds is 5. The van der Waals surface area contributed by atoms with Gasteiger partial charge in [-0.15, -0.1) is 5.10 Å². The molecule has 0 spiro atoms. The van der Waals surface area contributed by atoms with E-state index in [4.69, 9.17) is 0 Å². The Kier molecular flexibility index (Phi) is 6.20. The van der Waals surface area contributed by atoms with Crippen LogP contribution in [-0.4, -0.2) is 43.2 Å². The molecule has 2 aromatic carbocycles. The maximum absolute atomic E-state index is 13.6. The summed E-state index contributed by atoms with van der Waals surface area (Å²) in [6, 6.07) is 12.7. The number of tetrazole rings is 1. The number of H-pyrrole nitrogens is 1. The Hall–Kier alpha value is -3.65. The quantitative estimate of drug-likeness (QED) is 0.406. The Morgan fingerprint density at radius 2 is 1.81 bits per heavy atom. The molecule has 1 atom stereocenters. The fourth-order valence-electron chi connectivity index (χ4n) is 5.93. The van der Waals surface area contributed by atoms with Crippen molar-refractivity contribution in [2.24, 2.45) is 0 Å². The summed E-state index contributed by atoms with van der Waals surface area (Å²) < 4.78 is 15.4. The maximum Gasteiger partial charge on any atom is 0.253 e. The summed E-state index contributed by atoms with van der Waals surface area (Å²) >= 11 is 0.